The second-order valence-electron chi connectivity index (χ2n) is 7.72. The van der Waals surface area contributed by atoms with Gasteiger partial charge in [0.1, 0.15) is 0 Å². The summed E-state index contributed by atoms with van der Waals surface area (Å²) in [5.41, 5.74) is 1.99. The molecule has 1 saturated heterocycles. The van der Waals surface area contributed by atoms with Crippen molar-refractivity contribution in [3.8, 4) is 0 Å². The van der Waals surface area contributed by atoms with E-state index in [-0.39, 0.29) is 23.8 Å². The highest BCUT2D eigenvalue weighted by atomic mass is 79.9. The number of carbonyl (C=O) groups is 2. The van der Waals surface area contributed by atoms with Crippen LogP contribution in [0.1, 0.15) is 47.9 Å². The Hall–Kier alpha value is -1.90. The van der Waals surface area contributed by atoms with Gasteiger partial charge in [0.2, 0.25) is 0 Å². The first kappa shape index (κ1) is 21.3. The Morgan fingerprint density at radius 1 is 1.23 bits per heavy atom. The number of carbonyl (C=O) groups excluding carboxylic acids is 2. The lowest BCUT2D eigenvalue weighted by atomic mass is 9.93. The third kappa shape index (κ3) is 4.26. The zero-order valence-corrected chi connectivity index (χ0v) is 19.1. The Kier molecular flexibility index (Phi) is 6.46. The second kappa shape index (κ2) is 9.08. The van der Waals surface area contributed by atoms with Gasteiger partial charge in [-0.05, 0) is 72.9 Å². The van der Waals surface area contributed by atoms with Gasteiger partial charge in [0.15, 0.2) is 5.69 Å². The van der Waals surface area contributed by atoms with Crippen molar-refractivity contribution in [1.82, 2.24) is 14.7 Å². The standard InChI is InChI=1S/C21H24BrClN4O3/c1-30-21(29)13-7-10-26(11-8-13)17-6-3-9-27-18(17)12-16(25-27)20(28)24-15-5-2-4-14(22)19(15)23/h2,4-5,12-13,17H,3,6-11H2,1H3,(H,24,28)/t17-/m0/s1. The third-order valence-electron chi connectivity index (χ3n) is 5.94. The van der Waals surface area contributed by atoms with Gasteiger partial charge in [0.25, 0.3) is 5.91 Å². The topological polar surface area (TPSA) is 76.5 Å². The van der Waals surface area contributed by atoms with E-state index >= 15 is 0 Å². The Balaban J connectivity index is 1.48. The molecule has 7 nitrogen and oxygen atoms in total. The molecule has 4 rings (SSSR count). The van der Waals surface area contributed by atoms with Crippen molar-refractivity contribution in [1.29, 1.82) is 0 Å². The molecule has 2 aliphatic rings. The second-order valence-corrected chi connectivity index (χ2v) is 8.96. The Bertz CT molecular complexity index is 956. The van der Waals surface area contributed by atoms with Crippen LogP contribution in [-0.4, -0.2) is 46.8 Å². The molecule has 0 saturated carbocycles. The molecule has 9 heteroatoms. The number of aryl methyl sites for hydroxylation is 1. The fraction of sp³-hybridized carbons (Fsp3) is 0.476. The van der Waals surface area contributed by atoms with Gasteiger partial charge in [-0.25, -0.2) is 0 Å². The van der Waals surface area contributed by atoms with E-state index in [4.69, 9.17) is 16.3 Å². The van der Waals surface area contributed by atoms with Crippen molar-refractivity contribution >= 4 is 45.1 Å². The summed E-state index contributed by atoms with van der Waals surface area (Å²) in [6.45, 7) is 2.48. The predicted molar refractivity (Wildman–Crippen MR) is 118 cm³/mol. The highest BCUT2D eigenvalue weighted by Crippen LogP contribution is 2.35. The average Bonchev–Trinajstić information content (AvgIpc) is 3.21. The molecular weight excluding hydrogens is 472 g/mol. The molecule has 2 aliphatic heterocycles. The number of nitrogens with one attached hydrogen (secondary N) is 1. The molecule has 2 aromatic rings. The third-order valence-corrected chi connectivity index (χ3v) is 7.23. The van der Waals surface area contributed by atoms with Gasteiger partial charge in [-0.15, -0.1) is 0 Å². The molecule has 1 aromatic carbocycles. The molecule has 0 unspecified atom stereocenters. The van der Waals surface area contributed by atoms with E-state index in [2.05, 4.69) is 31.2 Å². The number of nitrogens with zero attached hydrogens (tertiary/aromatic N) is 3. The summed E-state index contributed by atoms with van der Waals surface area (Å²) in [6, 6.07) is 7.49. The van der Waals surface area contributed by atoms with Crippen LogP contribution in [-0.2, 0) is 16.1 Å². The zero-order valence-electron chi connectivity index (χ0n) is 16.7. The molecule has 0 spiro atoms. The first-order chi connectivity index (χ1) is 14.5. The van der Waals surface area contributed by atoms with Crippen molar-refractivity contribution in [3.63, 3.8) is 0 Å². The number of piperidine rings is 1. The fourth-order valence-corrected chi connectivity index (χ4v) is 4.88. The largest absolute Gasteiger partial charge is 0.469 e. The summed E-state index contributed by atoms with van der Waals surface area (Å²) in [5.74, 6) is -0.412. The molecule has 1 amide bonds. The number of hydrogen-bond acceptors (Lipinski definition) is 5. The van der Waals surface area contributed by atoms with Crippen molar-refractivity contribution in [2.75, 3.05) is 25.5 Å². The van der Waals surface area contributed by atoms with Crippen LogP contribution >= 0.6 is 27.5 Å². The molecule has 160 valence electrons. The zero-order chi connectivity index (χ0) is 21.3. The first-order valence-electron chi connectivity index (χ1n) is 10.1. The number of methoxy groups -OCH3 is 1. The van der Waals surface area contributed by atoms with E-state index in [9.17, 15) is 9.59 Å². The summed E-state index contributed by atoms with van der Waals surface area (Å²) >= 11 is 9.64. The van der Waals surface area contributed by atoms with Crippen LogP contribution in [0.4, 0.5) is 5.69 Å². The lowest BCUT2D eigenvalue weighted by Crippen LogP contribution is -2.40. The van der Waals surface area contributed by atoms with Crippen LogP contribution in [0.2, 0.25) is 5.02 Å². The van der Waals surface area contributed by atoms with Crippen molar-refractivity contribution in [2.45, 2.75) is 38.3 Å². The number of likely N-dealkylation sites (tertiary alicyclic amines) is 1. The van der Waals surface area contributed by atoms with E-state index in [1.54, 1.807) is 6.07 Å². The number of benzene rings is 1. The summed E-state index contributed by atoms with van der Waals surface area (Å²) in [7, 11) is 1.45. The molecule has 0 bridgehead atoms. The molecule has 1 atom stereocenters. The molecule has 0 radical (unpaired) electrons. The van der Waals surface area contributed by atoms with Crippen molar-refractivity contribution in [3.05, 3.63) is 45.1 Å². The molecule has 1 N–H and O–H groups in total. The number of esters is 1. The summed E-state index contributed by atoms with van der Waals surface area (Å²) in [6.07, 6.45) is 3.62. The number of aromatic nitrogens is 2. The van der Waals surface area contributed by atoms with Crippen LogP contribution in [0.25, 0.3) is 0 Å². The van der Waals surface area contributed by atoms with E-state index in [0.29, 0.717) is 16.4 Å². The monoisotopic (exact) mass is 494 g/mol. The molecule has 1 fully saturated rings. The van der Waals surface area contributed by atoms with Crippen molar-refractivity contribution in [2.24, 2.45) is 5.92 Å². The smallest absolute Gasteiger partial charge is 0.308 e. The minimum absolute atomic E-state index is 0.0176. The quantitative estimate of drug-likeness (QED) is 0.641. The minimum atomic E-state index is -0.278. The first-order valence-corrected chi connectivity index (χ1v) is 11.3. The lowest BCUT2D eigenvalue weighted by molar-refractivity contribution is -0.147. The summed E-state index contributed by atoms with van der Waals surface area (Å²) in [4.78, 5) is 27.0. The van der Waals surface area contributed by atoms with Gasteiger partial charge >= 0.3 is 5.97 Å². The number of fused-ring (bicyclic) bond motifs is 1. The maximum absolute atomic E-state index is 12.8. The van der Waals surface area contributed by atoms with Crippen LogP contribution in [0.15, 0.2) is 28.7 Å². The summed E-state index contributed by atoms with van der Waals surface area (Å²) < 4.78 is 7.56. The number of ether oxygens (including phenoxy) is 1. The minimum Gasteiger partial charge on any atom is -0.469 e. The fourth-order valence-electron chi connectivity index (χ4n) is 4.34. The average molecular weight is 496 g/mol. The van der Waals surface area contributed by atoms with Gasteiger partial charge in [0.05, 0.1) is 35.5 Å². The Labute approximate surface area is 188 Å². The predicted octanol–water partition coefficient (Wildman–Crippen LogP) is 4.27. The van der Waals surface area contributed by atoms with Crippen molar-refractivity contribution < 1.29 is 14.3 Å². The van der Waals surface area contributed by atoms with Crippen LogP contribution < -0.4 is 5.32 Å². The van der Waals surface area contributed by atoms with E-state index in [1.165, 1.54) is 7.11 Å². The van der Waals surface area contributed by atoms with E-state index < -0.39 is 0 Å². The highest BCUT2D eigenvalue weighted by Gasteiger charge is 2.33. The molecule has 30 heavy (non-hydrogen) atoms. The van der Waals surface area contributed by atoms with E-state index in [0.717, 1.165) is 55.5 Å². The number of amides is 1. The molecular formula is C21H24BrClN4O3. The lowest BCUT2D eigenvalue weighted by Gasteiger charge is -2.38. The SMILES string of the molecule is COC(=O)C1CCN([C@H]2CCCn3nc(C(=O)Nc4cccc(Br)c4Cl)cc32)CC1. The van der Waals surface area contributed by atoms with Crippen LogP contribution in [0, 0.1) is 5.92 Å². The van der Waals surface area contributed by atoms with Crippen LogP contribution in [0.5, 0.6) is 0 Å². The molecule has 1 aromatic heterocycles. The van der Waals surface area contributed by atoms with Gasteiger partial charge in [0, 0.05) is 11.0 Å². The van der Waals surface area contributed by atoms with Gasteiger partial charge < -0.3 is 10.1 Å². The van der Waals surface area contributed by atoms with Gasteiger partial charge in [-0.2, -0.15) is 5.10 Å². The Morgan fingerprint density at radius 2 is 2.00 bits per heavy atom. The van der Waals surface area contributed by atoms with Gasteiger partial charge in [-0.1, -0.05) is 17.7 Å². The normalized spacial score (nSPS) is 19.9. The molecule has 0 aliphatic carbocycles. The summed E-state index contributed by atoms with van der Waals surface area (Å²) in [5, 5.41) is 7.86. The number of rotatable bonds is 4. The van der Waals surface area contributed by atoms with Crippen LogP contribution in [0.3, 0.4) is 0 Å². The maximum atomic E-state index is 12.8. The maximum Gasteiger partial charge on any atom is 0.308 e. The van der Waals surface area contributed by atoms with E-state index in [1.807, 2.05) is 22.9 Å². The highest BCUT2D eigenvalue weighted by molar-refractivity contribution is 9.10. The number of halogens is 2. The number of anilines is 1. The molecule has 3 heterocycles. The number of hydrogen-bond donors (Lipinski definition) is 1. The Morgan fingerprint density at radius 3 is 2.73 bits per heavy atom. The van der Waals surface area contributed by atoms with Gasteiger partial charge in [-0.3, -0.25) is 19.2 Å².